The highest BCUT2D eigenvalue weighted by atomic mass is 32.2. The maximum absolute atomic E-state index is 12.1. The molecule has 0 saturated carbocycles. The van der Waals surface area contributed by atoms with Crippen LogP contribution in [0.3, 0.4) is 0 Å². The Bertz CT molecular complexity index is 834. The predicted octanol–water partition coefficient (Wildman–Crippen LogP) is 4.83. The molecular formula is C20H18N2OS. The minimum atomic E-state index is -0.105. The van der Waals surface area contributed by atoms with Crippen LogP contribution in [0.2, 0.25) is 0 Å². The van der Waals surface area contributed by atoms with Gasteiger partial charge in [0.2, 0.25) is 0 Å². The van der Waals surface area contributed by atoms with Gasteiger partial charge in [0.25, 0.3) is 5.91 Å². The molecule has 0 spiro atoms. The van der Waals surface area contributed by atoms with Gasteiger partial charge in [0.1, 0.15) is 0 Å². The Morgan fingerprint density at radius 3 is 2.50 bits per heavy atom. The lowest BCUT2D eigenvalue weighted by molar-refractivity contribution is -0.115. The monoisotopic (exact) mass is 334 g/mol. The van der Waals surface area contributed by atoms with Crippen LogP contribution < -0.4 is 5.32 Å². The Kier molecular flexibility index (Phi) is 4.96. The first-order valence-corrected chi connectivity index (χ1v) is 8.51. The van der Waals surface area contributed by atoms with Gasteiger partial charge in [-0.1, -0.05) is 54.1 Å². The zero-order valence-electron chi connectivity index (χ0n) is 13.6. The van der Waals surface area contributed by atoms with Crippen molar-refractivity contribution in [1.29, 1.82) is 0 Å². The molecule has 24 heavy (non-hydrogen) atoms. The summed E-state index contributed by atoms with van der Waals surface area (Å²) in [7, 11) is 0. The van der Waals surface area contributed by atoms with Gasteiger partial charge in [0.15, 0.2) is 5.17 Å². The zero-order chi connectivity index (χ0) is 16.9. The maximum Gasteiger partial charge on any atom is 0.264 e. The van der Waals surface area contributed by atoms with Crippen LogP contribution in [0.4, 0.5) is 5.69 Å². The van der Waals surface area contributed by atoms with Gasteiger partial charge < -0.3 is 5.32 Å². The maximum atomic E-state index is 12.1. The largest absolute Gasteiger partial charge is 0.300 e. The Labute approximate surface area is 146 Å². The van der Waals surface area contributed by atoms with E-state index in [0.29, 0.717) is 10.1 Å². The summed E-state index contributed by atoms with van der Waals surface area (Å²) >= 11 is 1.37. The van der Waals surface area contributed by atoms with Gasteiger partial charge in [0, 0.05) is 0 Å². The summed E-state index contributed by atoms with van der Waals surface area (Å²) in [6, 6.07) is 17.9. The van der Waals surface area contributed by atoms with Crippen molar-refractivity contribution in [3.8, 4) is 0 Å². The minimum absolute atomic E-state index is 0.105. The van der Waals surface area contributed by atoms with E-state index in [2.05, 4.69) is 16.4 Å². The second-order valence-electron chi connectivity index (χ2n) is 5.62. The van der Waals surface area contributed by atoms with Crippen molar-refractivity contribution >= 4 is 34.6 Å². The molecule has 1 saturated heterocycles. The summed E-state index contributed by atoms with van der Waals surface area (Å²) in [6.45, 7) is 4.02. The van der Waals surface area contributed by atoms with E-state index in [9.17, 15) is 4.79 Å². The standard InChI is InChI=1S/C20H18N2OS/c1-14-8-10-17(11-9-14)21-20-22-19(23)18(24-20)13-15(2)12-16-6-4-3-5-7-16/h3-13H,1-2H3,(H,21,22,23)/b15-12+,18-13-. The van der Waals surface area contributed by atoms with Gasteiger partial charge in [-0.3, -0.25) is 4.79 Å². The Morgan fingerprint density at radius 2 is 1.79 bits per heavy atom. The Morgan fingerprint density at radius 1 is 1.08 bits per heavy atom. The second-order valence-corrected chi connectivity index (χ2v) is 6.65. The van der Waals surface area contributed by atoms with Crippen molar-refractivity contribution < 1.29 is 4.79 Å². The van der Waals surface area contributed by atoms with E-state index >= 15 is 0 Å². The number of amides is 1. The number of amidine groups is 1. The van der Waals surface area contributed by atoms with Gasteiger partial charge in [-0.15, -0.1) is 0 Å². The lowest BCUT2D eigenvalue weighted by Gasteiger charge is -1.97. The van der Waals surface area contributed by atoms with Crippen LogP contribution in [0.1, 0.15) is 18.1 Å². The molecule has 2 aromatic carbocycles. The number of nitrogens with zero attached hydrogens (tertiary/aromatic N) is 1. The third-order valence-corrected chi connectivity index (χ3v) is 4.38. The second kappa shape index (κ2) is 7.32. The number of hydrogen-bond donors (Lipinski definition) is 1. The van der Waals surface area contributed by atoms with Crippen molar-refractivity contribution in [2.45, 2.75) is 13.8 Å². The van der Waals surface area contributed by atoms with E-state index in [1.807, 2.05) is 74.5 Å². The molecule has 0 bridgehead atoms. The van der Waals surface area contributed by atoms with E-state index in [-0.39, 0.29) is 5.91 Å². The fourth-order valence-corrected chi connectivity index (χ4v) is 3.17. The molecule has 1 aliphatic rings. The summed E-state index contributed by atoms with van der Waals surface area (Å²) in [5.74, 6) is -0.105. The molecule has 0 radical (unpaired) electrons. The normalized spacial score (nSPS) is 18.2. The average Bonchev–Trinajstić information content (AvgIpc) is 2.90. The molecule has 1 amide bonds. The van der Waals surface area contributed by atoms with Gasteiger partial charge in [-0.05, 0) is 55.0 Å². The number of benzene rings is 2. The number of thioether (sulfide) groups is 1. The van der Waals surface area contributed by atoms with Gasteiger partial charge in [0.05, 0.1) is 10.6 Å². The third-order valence-electron chi connectivity index (χ3n) is 3.47. The average molecular weight is 334 g/mol. The summed E-state index contributed by atoms with van der Waals surface area (Å²) in [5, 5.41) is 3.43. The summed E-state index contributed by atoms with van der Waals surface area (Å²) in [4.78, 5) is 17.2. The highest BCUT2D eigenvalue weighted by Gasteiger charge is 2.23. The Balaban J connectivity index is 1.77. The number of allylic oxidation sites excluding steroid dienone is 2. The molecule has 0 aliphatic carbocycles. The molecule has 1 heterocycles. The predicted molar refractivity (Wildman–Crippen MR) is 102 cm³/mol. The van der Waals surface area contributed by atoms with Gasteiger partial charge in [-0.25, -0.2) is 4.99 Å². The fraction of sp³-hybridized carbons (Fsp3) is 0.100. The SMILES string of the molecule is CC(/C=C1\SC(=Nc2ccc(C)cc2)NC1=O)=C\c1ccccc1. The molecular weight excluding hydrogens is 316 g/mol. The summed E-state index contributed by atoms with van der Waals surface area (Å²) < 4.78 is 0. The van der Waals surface area contributed by atoms with Crippen molar-refractivity contribution in [2.24, 2.45) is 4.99 Å². The highest BCUT2D eigenvalue weighted by Crippen LogP contribution is 2.27. The first kappa shape index (κ1) is 16.3. The van der Waals surface area contributed by atoms with E-state index in [1.54, 1.807) is 0 Å². The van der Waals surface area contributed by atoms with Crippen molar-refractivity contribution in [3.05, 3.63) is 82.3 Å². The molecule has 3 nitrogen and oxygen atoms in total. The molecule has 120 valence electrons. The first-order chi connectivity index (χ1) is 11.6. The summed E-state index contributed by atoms with van der Waals surface area (Å²) in [5.41, 5.74) is 4.16. The molecule has 3 rings (SSSR count). The van der Waals surface area contributed by atoms with Crippen LogP contribution >= 0.6 is 11.8 Å². The van der Waals surface area contributed by atoms with E-state index in [0.717, 1.165) is 16.8 Å². The van der Waals surface area contributed by atoms with Crippen LogP contribution in [-0.2, 0) is 4.79 Å². The molecule has 0 atom stereocenters. The Hall–Kier alpha value is -2.59. The highest BCUT2D eigenvalue weighted by molar-refractivity contribution is 8.18. The van der Waals surface area contributed by atoms with Crippen LogP contribution in [0.25, 0.3) is 6.08 Å². The van der Waals surface area contributed by atoms with Crippen molar-refractivity contribution in [3.63, 3.8) is 0 Å². The molecule has 0 unspecified atom stereocenters. The third kappa shape index (κ3) is 4.24. The van der Waals surface area contributed by atoms with Gasteiger partial charge in [-0.2, -0.15) is 0 Å². The van der Waals surface area contributed by atoms with Crippen molar-refractivity contribution in [1.82, 2.24) is 5.32 Å². The zero-order valence-corrected chi connectivity index (χ0v) is 14.4. The number of carbonyl (C=O) groups is 1. The number of aliphatic imine (C=N–C) groups is 1. The van der Waals surface area contributed by atoms with E-state index < -0.39 is 0 Å². The lowest BCUT2D eigenvalue weighted by Crippen LogP contribution is -2.19. The lowest BCUT2D eigenvalue weighted by atomic mass is 10.1. The number of aryl methyl sites for hydroxylation is 1. The smallest absolute Gasteiger partial charge is 0.264 e. The quantitative estimate of drug-likeness (QED) is 0.817. The van der Waals surface area contributed by atoms with Crippen LogP contribution in [0.15, 0.2) is 76.1 Å². The number of carbonyl (C=O) groups excluding carboxylic acids is 1. The van der Waals surface area contributed by atoms with Crippen LogP contribution in [-0.4, -0.2) is 11.1 Å². The molecule has 1 N–H and O–H groups in total. The molecule has 1 aliphatic heterocycles. The van der Waals surface area contributed by atoms with Crippen LogP contribution in [0, 0.1) is 6.92 Å². The number of nitrogens with one attached hydrogen (secondary N) is 1. The number of hydrogen-bond acceptors (Lipinski definition) is 3. The molecule has 0 aromatic heterocycles. The molecule has 2 aromatic rings. The van der Waals surface area contributed by atoms with Crippen molar-refractivity contribution in [2.75, 3.05) is 0 Å². The van der Waals surface area contributed by atoms with E-state index in [4.69, 9.17) is 0 Å². The first-order valence-electron chi connectivity index (χ1n) is 7.70. The number of rotatable bonds is 3. The van der Waals surface area contributed by atoms with Crippen LogP contribution in [0.5, 0.6) is 0 Å². The molecule has 4 heteroatoms. The van der Waals surface area contributed by atoms with E-state index in [1.165, 1.54) is 17.3 Å². The fourth-order valence-electron chi connectivity index (χ4n) is 2.28. The molecule has 1 fully saturated rings. The topological polar surface area (TPSA) is 41.5 Å². The summed E-state index contributed by atoms with van der Waals surface area (Å²) in [6.07, 6.45) is 3.95. The van der Waals surface area contributed by atoms with Gasteiger partial charge >= 0.3 is 0 Å². The minimum Gasteiger partial charge on any atom is -0.300 e.